The fraction of sp³-hybridized carbons (Fsp3) is 0.375. The van der Waals surface area contributed by atoms with Gasteiger partial charge in [-0.1, -0.05) is 6.92 Å². The molecule has 0 aliphatic rings. The lowest BCUT2D eigenvalue weighted by atomic mass is 10.4. The van der Waals surface area contributed by atoms with Crippen LogP contribution in [0, 0.1) is 6.92 Å². The summed E-state index contributed by atoms with van der Waals surface area (Å²) in [6.07, 6.45) is 1.33. The van der Waals surface area contributed by atoms with E-state index < -0.39 is 17.2 Å². The Morgan fingerprint density at radius 3 is 2.79 bits per heavy atom. The number of rotatable bonds is 2. The summed E-state index contributed by atoms with van der Waals surface area (Å²) in [6.45, 7) is 3.11. The van der Waals surface area contributed by atoms with E-state index in [1.165, 1.54) is 13.1 Å². The summed E-state index contributed by atoms with van der Waals surface area (Å²) in [7, 11) is 0. The normalized spacial score (nSPS) is 9.86. The molecule has 1 aromatic heterocycles. The predicted molar refractivity (Wildman–Crippen MR) is 47.9 cm³/mol. The van der Waals surface area contributed by atoms with Gasteiger partial charge in [0.25, 0.3) is 5.56 Å². The summed E-state index contributed by atoms with van der Waals surface area (Å²) in [5, 5.41) is 0. The van der Waals surface area contributed by atoms with E-state index in [-0.39, 0.29) is 6.42 Å². The molecular formula is C8H10N2O4. The minimum Gasteiger partial charge on any atom is -0.332 e. The van der Waals surface area contributed by atoms with Crippen molar-refractivity contribution in [3.63, 3.8) is 0 Å². The molecule has 1 aromatic rings. The van der Waals surface area contributed by atoms with Crippen molar-refractivity contribution in [3.8, 4) is 0 Å². The van der Waals surface area contributed by atoms with E-state index in [9.17, 15) is 14.4 Å². The van der Waals surface area contributed by atoms with E-state index in [2.05, 4.69) is 4.84 Å². The standard InChI is InChI=1S/C8H10N2O4/c1-3-6(11)14-10-4-5(2)7(12)9-8(10)13/h4H,3H2,1-2H3,(H,9,12,13). The Labute approximate surface area is 79.1 Å². The van der Waals surface area contributed by atoms with Crippen LogP contribution in [0.1, 0.15) is 18.9 Å². The first kappa shape index (κ1) is 10.2. The molecule has 76 valence electrons. The second-order valence-corrected chi connectivity index (χ2v) is 2.71. The van der Waals surface area contributed by atoms with Gasteiger partial charge in [0.2, 0.25) is 0 Å². The zero-order chi connectivity index (χ0) is 10.7. The molecular weight excluding hydrogens is 188 g/mol. The highest BCUT2D eigenvalue weighted by Gasteiger charge is 2.05. The molecule has 1 rings (SSSR count). The highest BCUT2D eigenvalue weighted by molar-refractivity contribution is 5.69. The summed E-state index contributed by atoms with van der Waals surface area (Å²) >= 11 is 0. The fourth-order valence-corrected chi connectivity index (χ4v) is 0.786. The Morgan fingerprint density at radius 2 is 2.21 bits per heavy atom. The van der Waals surface area contributed by atoms with Crippen LogP contribution in [0.15, 0.2) is 15.8 Å². The Bertz CT molecular complexity index is 457. The first-order chi connectivity index (χ1) is 6.54. The smallest absolute Gasteiger partial charge is 0.332 e. The van der Waals surface area contributed by atoms with Crippen molar-refractivity contribution in [2.75, 3.05) is 0 Å². The van der Waals surface area contributed by atoms with Gasteiger partial charge in [0.15, 0.2) is 0 Å². The van der Waals surface area contributed by atoms with Gasteiger partial charge in [-0.05, 0) is 6.92 Å². The quantitative estimate of drug-likeness (QED) is 0.675. The van der Waals surface area contributed by atoms with Crippen LogP contribution in [-0.4, -0.2) is 15.7 Å². The molecule has 6 heteroatoms. The Morgan fingerprint density at radius 1 is 1.57 bits per heavy atom. The molecule has 0 saturated heterocycles. The molecule has 0 spiro atoms. The number of carbonyl (C=O) groups excluding carboxylic acids is 1. The number of aromatic amines is 1. The Balaban J connectivity index is 3.11. The van der Waals surface area contributed by atoms with E-state index in [4.69, 9.17) is 0 Å². The second-order valence-electron chi connectivity index (χ2n) is 2.71. The van der Waals surface area contributed by atoms with Gasteiger partial charge in [0.05, 0.1) is 6.20 Å². The van der Waals surface area contributed by atoms with Gasteiger partial charge in [0.1, 0.15) is 0 Å². The number of hydrogen-bond acceptors (Lipinski definition) is 4. The SMILES string of the molecule is CCC(=O)On1cc(C)c(=O)[nH]c1=O. The fourth-order valence-electron chi connectivity index (χ4n) is 0.786. The molecule has 1 N–H and O–H groups in total. The van der Waals surface area contributed by atoms with Crippen LogP contribution in [0.4, 0.5) is 0 Å². The lowest BCUT2D eigenvalue weighted by Crippen LogP contribution is -2.36. The van der Waals surface area contributed by atoms with Crippen LogP contribution in [0.25, 0.3) is 0 Å². The number of H-pyrrole nitrogens is 1. The van der Waals surface area contributed by atoms with E-state index in [1.807, 2.05) is 4.98 Å². The van der Waals surface area contributed by atoms with Crippen LogP contribution in [0.2, 0.25) is 0 Å². The summed E-state index contributed by atoms with van der Waals surface area (Å²) in [5.41, 5.74) is -0.949. The predicted octanol–water partition coefficient (Wildman–Crippen LogP) is -0.790. The van der Waals surface area contributed by atoms with Crippen molar-refractivity contribution in [1.82, 2.24) is 9.71 Å². The van der Waals surface area contributed by atoms with Crippen molar-refractivity contribution in [3.05, 3.63) is 32.6 Å². The number of nitrogens with one attached hydrogen (secondary N) is 1. The topological polar surface area (TPSA) is 81.2 Å². The van der Waals surface area contributed by atoms with Gasteiger partial charge in [-0.15, -0.1) is 4.73 Å². The molecule has 0 saturated carbocycles. The maximum absolute atomic E-state index is 11.1. The van der Waals surface area contributed by atoms with Crippen molar-refractivity contribution in [2.45, 2.75) is 20.3 Å². The first-order valence-corrected chi connectivity index (χ1v) is 4.08. The third kappa shape index (κ3) is 2.09. The summed E-state index contributed by atoms with van der Waals surface area (Å²) in [6, 6.07) is 0. The highest BCUT2D eigenvalue weighted by Crippen LogP contribution is 1.83. The summed E-state index contributed by atoms with van der Waals surface area (Å²) in [5.74, 6) is -0.543. The average molecular weight is 198 g/mol. The van der Waals surface area contributed by atoms with Crippen LogP contribution < -0.4 is 16.1 Å². The maximum atomic E-state index is 11.1. The molecule has 0 unspecified atom stereocenters. The van der Waals surface area contributed by atoms with Gasteiger partial charge in [-0.2, -0.15) is 0 Å². The van der Waals surface area contributed by atoms with E-state index >= 15 is 0 Å². The minimum atomic E-state index is -0.762. The molecule has 0 aliphatic carbocycles. The maximum Gasteiger partial charge on any atom is 0.361 e. The van der Waals surface area contributed by atoms with Crippen molar-refractivity contribution in [1.29, 1.82) is 0 Å². The van der Waals surface area contributed by atoms with Crippen LogP contribution in [0.5, 0.6) is 0 Å². The number of aromatic nitrogens is 2. The first-order valence-electron chi connectivity index (χ1n) is 4.08. The third-order valence-electron chi connectivity index (χ3n) is 1.58. The molecule has 0 amide bonds. The summed E-state index contributed by atoms with van der Waals surface area (Å²) < 4.78 is 0.711. The van der Waals surface area contributed by atoms with Gasteiger partial charge >= 0.3 is 11.7 Å². The van der Waals surface area contributed by atoms with E-state index in [1.54, 1.807) is 6.92 Å². The molecule has 0 aliphatic heterocycles. The molecule has 0 aromatic carbocycles. The number of carbonyl (C=O) groups is 1. The molecule has 6 nitrogen and oxygen atoms in total. The molecule has 0 radical (unpaired) electrons. The molecule has 0 atom stereocenters. The monoisotopic (exact) mass is 198 g/mol. The lowest BCUT2D eigenvalue weighted by molar-refractivity contribution is -0.144. The molecule has 1 heterocycles. The third-order valence-corrected chi connectivity index (χ3v) is 1.58. The highest BCUT2D eigenvalue weighted by atomic mass is 16.7. The van der Waals surface area contributed by atoms with Crippen molar-refractivity contribution < 1.29 is 9.63 Å². The zero-order valence-corrected chi connectivity index (χ0v) is 7.86. The van der Waals surface area contributed by atoms with Crippen LogP contribution in [0.3, 0.4) is 0 Å². The molecule has 14 heavy (non-hydrogen) atoms. The van der Waals surface area contributed by atoms with Crippen molar-refractivity contribution >= 4 is 5.97 Å². The zero-order valence-electron chi connectivity index (χ0n) is 7.86. The van der Waals surface area contributed by atoms with Gasteiger partial charge in [-0.25, -0.2) is 9.59 Å². The number of aryl methyl sites for hydroxylation is 1. The second kappa shape index (κ2) is 3.91. The lowest BCUT2D eigenvalue weighted by Gasteiger charge is -2.04. The largest absolute Gasteiger partial charge is 0.361 e. The summed E-state index contributed by atoms with van der Waals surface area (Å²) in [4.78, 5) is 39.5. The average Bonchev–Trinajstić information content (AvgIpc) is 2.14. The van der Waals surface area contributed by atoms with Crippen LogP contribution in [-0.2, 0) is 4.79 Å². The Kier molecular flexibility index (Phi) is 2.85. The minimum absolute atomic E-state index is 0.157. The number of hydrogen-bond donors (Lipinski definition) is 1. The van der Waals surface area contributed by atoms with E-state index in [0.717, 1.165) is 0 Å². The molecule has 0 fully saturated rings. The van der Waals surface area contributed by atoms with Gasteiger partial charge in [-0.3, -0.25) is 9.78 Å². The number of nitrogens with zero attached hydrogens (tertiary/aromatic N) is 1. The molecule has 0 bridgehead atoms. The van der Waals surface area contributed by atoms with E-state index in [0.29, 0.717) is 10.3 Å². The van der Waals surface area contributed by atoms with Crippen LogP contribution >= 0.6 is 0 Å². The van der Waals surface area contributed by atoms with Crippen molar-refractivity contribution in [2.24, 2.45) is 0 Å². The van der Waals surface area contributed by atoms with Gasteiger partial charge < -0.3 is 4.84 Å². The Hall–Kier alpha value is -1.85. The van der Waals surface area contributed by atoms with Gasteiger partial charge in [0, 0.05) is 12.0 Å².